The number of hydrogen-bond donors (Lipinski definition) is 3. The van der Waals surface area contributed by atoms with Crippen molar-refractivity contribution in [3.63, 3.8) is 0 Å². The van der Waals surface area contributed by atoms with E-state index < -0.39 is 18.4 Å². The zero-order chi connectivity index (χ0) is 23.5. The van der Waals surface area contributed by atoms with Gasteiger partial charge in [0.2, 0.25) is 0 Å². The van der Waals surface area contributed by atoms with Crippen LogP contribution in [0.5, 0.6) is 0 Å². The highest BCUT2D eigenvalue weighted by Crippen LogP contribution is 2.30. The van der Waals surface area contributed by atoms with Crippen LogP contribution < -0.4 is 5.73 Å². The summed E-state index contributed by atoms with van der Waals surface area (Å²) in [6.07, 6.45) is 0.512. The molecular formula is C25H22N4O4. The predicted molar refractivity (Wildman–Crippen MR) is 126 cm³/mol. The van der Waals surface area contributed by atoms with Crippen molar-refractivity contribution in [3.05, 3.63) is 83.4 Å². The Labute approximate surface area is 189 Å². The van der Waals surface area contributed by atoms with E-state index in [1.807, 2.05) is 48.5 Å². The summed E-state index contributed by atoms with van der Waals surface area (Å²) in [4.78, 5) is 35.8. The molecule has 0 spiro atoms. The number of amidine groups is 1. The first kappa shape index (κ1) is 21.8. The Hall–Kier alpha value is -4.46. The van der Waals surface area contributed by atoms with Gasteiger partial charge in [0, 0.05) is 39.5 Å². The van der Waals surface area contributed by atoms with Crippen molar-refractivity contribution in [1.29, 1.82) is 5.41 Å². The molecule has 0 aliphatic rings. The van der Waals surface area contributed by atoms with Crippen LogP contribution in [0.1, 0.15) is 21.5 Å². The van der Waals surface area contributed by atoms with Crippen molar-refractivity contribution in [2.75, 3.05) is 13.1 Å². The molecule has 166 valence electrons. The lowest BCUT2D eigenvalue weighted by Crippen LogP contribution is -2.37. The zero-order valence-electron chi connectivity index (χ0n) is 17.7. The summed E-state index contributed by atoms with van der Waals surface area (Å²) in [7, 11) is 0. The summed E-state index contributed by atoms with van der Waals surface area (Å²) in [6.45, 7) is -0.370. The minimum absolute atomic E-state index is 0.00110. The molecule has 4 N–H and O–H groups in total. The van der Waals surface area contributed by atoms with E-state index in [4.69, 9.17) is 16.2 Å². The number of carboxylic acid groups (broad SMARTS) is 1. The fourth-order valence-electron chi connectivity index (χ4n) is 4.03. The van der Waals surface area contributed by atoms with Crippen molar-refractivity contribution in [2.24, 2.45) is 5.73 Å². The Morgan fingerprint density at radius 1 is 0.970 bits per heavy atom. The lowest BCUT2D eigenvalue weighted by molar-refractivity contribution is -0.137. The molecule has 1 aromatic heterocycles. The molecule has 0 fully saturated rings. The van der Waals surface area contributed by atoms with E-state index in [1.165, 1.54) is 0 Å². The maximum atomic E-state index is 12.8. The van der Waals surface area contributed by atoms with Crippen LogP contribution in [-0.4, -0.2) is 51.7 Å². The Kier molecular flexibility index (Phi) is 5.91. The Bertz CT molecular complexity index is 1410. The average molecular weight is 442 g/mol. The van der Waals surface area contributed by atoms with Crippen LogP contribution in [0.2, 0.25) is 0 Å². The minimum atomic E-state index is -1.18. The lowest BCUT2D eigenvalue weighted by Gasteiger charge is -2.18. The van der Waals surface area contributed by atoms with Crippen LogP contribution in [0.3, 0.4) is 0 Å². The van der Waals surface area contributed by atoms with Gasteiger partial charge in [0.1, 0.15) is 18.7 Å². The van der Waals surface area contributed by atoms with Gasteiger partial charge in [0.15, 0.2) is 0 Å². The fraction of sp³-hybridized carbons (Fsp3) is 0.120. The number of hydrogen-bond acceptors (Lipinski definition) is 4. The molecular weight excluding hydrogens is 420 g/mol. The first-order valence-corrected chi connectivity index (χ1v) is 10.3. The number of aliphatic carboxylic acids is 1. The largest absolute Gasteiger partial charge is 0.480 e. The molecule has 0 radical (unpaired) electrons. The number of benzene rings is 3. The number of carbonyl (C=O) groups excluding carboxylic acids is 2. The van der Waals surface area contributed by atoms with E-state index in [0.29, 0.717) is 24.0 Å². The van der Waals surface area contributed by atoms with Gasteiger partial charge in [0.25, 0.3) is 5.91 Å². The van der Waals surface area contributed by atoms with E-state index in [9.17, 15) is 14.4 Å². The monoisotopic (exact) mass is 442 g/mol. The number of aldehydes is 1. The smallest absolute Gasteiger partial charge is 0.323 e. The second-order valence-corrected chi connectivity index (χ2v) is 7.70. The molecule has 0 unspecified atom stereocenters. The molecule has 0 atom stereocenters. The highest BCUT2D eigenvalue weighted by Gasteiger charge is 2.19. The molecule has 4 aromatic rings. The van der Waals surface area contributed by atoms with Crippen LogP contribution in [0, 0.1) is 5.41 Å². The molecule has 4 rings (SSSR count). The second-order valence-electron chi connectivity index (χ2n) is 7.70. The number of nitrogen functional groups attached to an aromatic ring is 1. The summed E-state index contributed by atoms with van der Waals surface area (Å²) >= 11 is 0. The minimum Gasteiger partial charge on any atom is -0.480 e. The van der Waals surface area contributed by atoms with E-state index in [1.54, 1.807) is 18.2 Å². The number of para-hydroxylation sites is 1. The summed E-state index contributed by atoms with van der Waals surface area (Å²) in [5.41, 5.74) is 9.45. The Morgan fingerprint density at radius 3 is 2.45 bits per heavy atom. The number of amides is 1. The zero-order valence-corrected chi connectivity index (χ0v) is 17.7. The molecule has 0 aliphatic heterocycles. The van der Waals surface area contributed by atoms with Gasteiger partial charge in [0.05, 0.1) is 6.54 Å². The standard InChI is InChI=1S/C25H22N4O4/c26-24(27)17-8-9-22-20(13-17)19-6-1-2-7-21(19)29(22)14-16-4-3-5-18(12-16)25(33)28(10-11-30)15-23(31)32/h1-9,11-13H,10,14-15H2,(H3,26,27)(H,31,32). The van der Waals surface area contributed by atoms with Gasteiger partial charge in [-0.05, 0) is 42.0 Å². The molecule has 1 amide bonds. The third-order valence-electron chi connectivity index (χ3n) is 5.51. The maximum Gasteiger partial charge on any atom is 0.323 e. The first-order chi connectivity index (χ1) is 15.9. The summed E-state index contributed by atoms with van der Waals surface area (Å²) in [6, 6.07) is 20.5. The van der Waals surface area contributed by atoms with Gasteiger partial charge in [-0.1, -0.05) is 30.3 Å². The fourth-order valence-corrected chi connectivity index (χ4v) is 4.03. The first-order valence-electron chi connectivity index (χ1n) is 10.3. The highest BCUT2D eigenvalue weighted by molar-refractivity contribution is 6.10. The number of fused-ring (bicyclic) bond motifs is 3. The van der Waals surface area contributed by atoms with Crippen LogP contribution in [0.25, 0.3) is 21.8 Å². The van der Waals surface area contributed by atoms with Gasteiger partial charge in [-0.15, -0.1) is 0 Å². The number of nitrogens with two attached hydrogens (primary N) is 1. The molecule has 3 aromatic carbocycles. The molecule has 33 heavy (non-hydrogen) atoms. The van der Waals surface area contributed by atoms with Gasteiger partial charge < -0.3 is 25.1 Å². The SMILES string of the molecule is N=C(N)c1ccc2c(c1)c1ccccc1n2Cc1cccc(C(=O)N(CC=O)CC(=O)O)c1. The van der Waals surface area contributed by atoms with E-state index >= 15 is 0 Å². The Balaban J connectivity index is 1.74. The van der Waals surface area contributed by atoms with Gasteiger partial charge in [-0.2, -0.15) is 0 Å². The molecule has 0 bridgehead atoms. The van der Waals surface area contributed by atoms with Crippen molar-refractivity contribution < 1.29 is 19.5 Å². The summed E-state index contributed by atoms with van der Waals surface area (Å²) in [5.74, 6) is -1.70. The second kappa shape index (κ2) is 8.96. The lowest BCUT2D eigenvalue weighted by atomic mass is 10.1. The number of rotatable bonds is 8. The summed E-state index contributed by atoms with van der Waals surface area (Å²) in [5, 5.41) is 18.8. The molecule has 0 saturated carbocycles. The number of aromatic nitrogens is 1. The van der Waals surface area contributed by atoms with Crippen LogP contribution in [0.4, 0.5) is 0 Å². The topological polar surface area (TPSA) is 129 Å². The predicted octanol–water partition coefficient (Wildman–Crippen LogP) is 2.85. The van der Waals surface area contributed by atoms with Crippen molar-refractivity contribution in [2.45, 2.75) is 6.54 Å². The number of nitrogens with one attached hydrogen (secondary N) is 1. The van der Waals surface area contributed by atoms with Gasteiger partial charge >= 0.3 is 5.97 Å². The van der Waals surface area contributed by atoms with Crippen molar-refractivity contribution in [3.8, 4) is 0 Å². The third-order valence-corrected chi connectivity index (χ3v) is 5.51. The molecule has 8 heteroatoms. The Morgan fingerprint density at radius 2 is 1.73 bits per heavy atom. The van der Waals surface area contributed by atoms with E-state index in [0.717, 1.165) is 32.3 Å². The summed E-state index contributed by atoms with van der Waals surface area (Å²) < 4.78 is 2.12. The molecule has 8 nitrogen and oxygen atoms in total. The quantitative estimate of drug-likeness (QED) is 0.219. The maximum absolute atomic E-state index is 12.8. The number of carbonyl (C=O) groups is 3. The molecule has 0 aliphatic carbocycles. The average Bonchev–Trinajstić information content (AvgIpc) is 3.11. The number of nitrogens with zero attached hydrogens (tertiary/aromatic N) is 2. The van der Waals surface area contributed by atoms with Crippen LogP contribution in [0.15, 0.2) is 66.7 Å². The highest BCUT2D eigenvalue weighted by atomic mass is 16.4. The van der Waals surface area contributed by atoms with E-state index in [-0.39, 0.29) is 12.4 Å². The van der Waals surface area contributed by atoms with Crippen molar-refractivity contribution in [1.82, 2.24) is 9.47 Å². The van der Waals surface area contributed by atoms with Crippen LogP contribution >= 0.6 is 0 Å². The van der Waals surface area contributed by atoms with E-state index in [2.05, 4.69) is 4.57 Å². The van der Waals surface area contributed by atoms with Crippen molar-refractivity contribution >= 4 is 45.8 Å². The normalized spacial score (nSPS) is 10.9. The van der Waals surface area contributed by atoms with Gasteiger partial charge in [-0.3, -0.25) is 15.0 Å². The third kappa shape index (κ3) is 4.31. The number of carboxylic acids is 1. The molecule has 1 heterocycles. The molecule has 0 saturated heterocycles. The van der Waals surface area contributed by atoms with Crippen LogP contribution in [-0.2, 0) is 16.1 Å². The van der Waals surface area contributed by atoms with Gasteiger partial charge in [-0.25, -0.2) is 0 Å².